The third kappa shape index (κ3) is 17.5. The summed E-state index contributed by atoms with van der Waals surface area (Å²) >= 11 is 6.24. The molecule has 1 aromatic rings. The SMILES string of the molecule is C=C(OC(C(C)C)C(O)C(C)C(CCC)OC/C1=C\C=C\CC(CCC)C(C)CC(CC)C(OC(C)(C)C(CCCO)CC(C)C)/C(C)=C/C(C)=C/CC(C(C)O)OC1=O)c1c(O)c(Cl)c(O)c2c1C2. The number of esters is 1. The molecule has 11 heteroatoms. The second-order valence-corrected chi connectivity index (χ2v) is 22.5. The van der Waals surface area contributed by atoms with E-state index < -0.39 is 48.0 Å². The average molecular weight is 1000 g/mol. The van der Waals surface area contributed by atoms with Gasteiger partial charge in [-0.25, -0.2) is 4.79 Å². The first-order valence-corrected chi connectivity index (χ1v) is 27.1. The van der Waals surface area contributed by atoms with Gasteiger partial charge in [-0.1, -0.05) is 136 Å². The predicted molar refractivity (Wildman–Crippen MR) is 286 cm³/mol. The number of aliphatic hydroxyl groups is 3. The number of carbonyl (C=O) groups is 1. The Morgan fingerprint density at radius 3 is 2.24 bits per heavy atom. The number of phenols is 2. The molecular weight excluding hydrogens is 904 g/mol. The number of benzene rings is 1. The summed E-state index contributed by atoms with van der Waals surface area (Å²) < 4.78 is 26.4. The van der Waals surface area contributed by atoms with Crippen molar-refractivity contribution in [2.45, 2.75) is 216 Å². The lowest BCUT2D eigenvalue weighted by atomic mass is 9.77. The van der Waals surface area contributed by atoms with Crippen molar-refractivity contribution in [2.24, 2.45) is 41.4 Å². The van der Waals surface area contributed by atoms with Crippen molar-refractivity contribution >= 4 is 23.3 Å². The van der Waals surface area contributed by atoms with Gasteiger partial charge in [0.2, 0.25) is 0 Å². The van der Waals surface area contributed by atoms with Gasteiger partial charge in [0.15, 0.2) is 0 Å². The number of phenolic OH excluding ortho intramolecular Hbond substituents is 2. The molecule has 0 fully saturated rings. The molecule has 0 saturated heterocycles. The Labute approximate surface area is 428 Å². The lowest BCUT2D eigenvalue weighted by Crippen LogP contribution is -2.43. The molecule has 1 aromatic carbocycles. The van der Waals surface area contributed by atoms with E-state index in [1.165, 1.54) is 0 Å². The van der Waals surface area contributed by atoms with Crippen LogP contribution in [-0.2, 0) is 30.2 Å². The second-order valence-electron chi connectivity index (χ2n) is 22.1. The fraction of sp³-hybridized carbons (Fsp3) is 0.712. The van der Waals surface area contributed by atoms with Crippen LogP contribution in [0.25, 0.3) is 5.76 Å². The Morgan fingerprint density at radius 2 is 1.66 bits per heavy atom. The minimum atomic E-state index is -1.03. The number of aliphatic hydroxyl groups excluding tert-OH is 3. The van der Waals surface area contributed by atoms with Crippen LogP contribution < -0.4 is 0 Å². The van der Waals surface area contributed by atoms with Crippen molar-refractivity contribution in [1.29, 1.82) is 0 Å². The number of fused-ring (bicyclic) bond motifs is 1. The van der Waals surface area contributed by atoms with E-state index in [1.807, 2.05) is 46.8 Å². The molecule has 0 radical (unpaired) electrons. The summed E-state index contributed by atoms with van der Waals surface area (Å²) in [5.74, 6) is 0.362. The number of rotatable bonds is 24. The molecule has 70 heavy (non-hydrogen) atoms. The smallest absolute Gasteiger partial charge is 0.336 e. The number of hydrogen-bond acceptors (Lipinski definition) is 10. The first kappa shape index (κ1) is 61.2. The van der Waals surface area contributed by atoms with E-state index in [-0.39, 0.29) is 59.4 Å². The van der Waals surface area contributed by atoms with Crippen molar-refractivity contribution in [2.75, 3.05) is 13.2 Å². The summed E-state index contributed by atoms with van der Waals surface area (Å²) in [5.41, 5.74) is 3.70. The van der Waals surface area contributed by atoms with Crippen LogP contribution >= 0.6 is 11.6 Å². The van der Waals surface area contributed by atoms with E-state index in [9.17, 15) is 30.3 Å². The highest BCUT2D eigenvalue weighted by atomic mass is 35.5. The molecule has 1 aliphatic heterocycles. The van der Waals surface area contributed by atoms with Crippen LogP contribution in [0.2, 0.25) is 5.02 Å². The van der Waals surface area contributed by atoms with Gasteiger partial charge in [0, 0.05) is 30.9 Å². The maximum absolute atomic E-state index is 14.2. The molecule has 11 unspecified atom stereocenters. The van der Waals surface area contributed by atoms with Gasteiger partial charge in [-0.15, -0.1) is 0 Å². The van der Waals surface area contributed by atoms with Crippen molar-refractivity contribution in [3.05, 3.63) is 75.4 Å². The fourth-order valence-corrected chi connectivity index (χ4v) is 10.7. The summed E-state index contributed by atoms with van der Waals surface area (Å²) in [6.45, 7) is 33.7. The van der Waals surface area contributed by atoms with E-state index in [4.69, 9.17) is 30.5 Å². The number of allylic oxidation sites excluding steroid dienone is 5. The third-order valence-corrected chi connectivity index (χ3v) is 15.4. The molecule has 0 bridgehead atoms. The maximum atomic E-state index is 14.2. The molecule has 3 rings (SSSR count). The number of hydrogen-bond donors (Lipinski definition) is 5. The summed E-state index contributed by atoms with van der Waals surface area (Å²) in [6, 6.07) is 0. The first-order valence-electron chi connectivity index (χ1n) is 26.7. The first-order chi connectivity index (χ1) is 32.9. The van der Waals surface area contributed by atoms with Crippen LogP contribution in [0.4, 0.5) is 0 Å². The van der Waals surface area contributed by atoms with Crippen LogP contribution in [0.15, 0.2) is 53.7 Å². The van der Waals surface area contributed by atoms with Gasteiger partial charge in [-0.05, 0) is 126 Å². The molecule has 2 aliphatic rings. The molecule has 0 saturated carbocycles. The van der Waals surface area contributed by atoms with Gasteiger partial charge in [0.25, 0.3) is 0 Å². The minimum absolute atomic E-state index is 0.0805. The van der Waals surface area contributed by atoms with Crippen molar-refractivity contribution in [1.82, 2.24) is 0 Å². The van der Waals surface area contributed by atoms with E-state index in [0.717, 1.165) is 68.9 Å². The van der Waals surface area contributed by atoms with Gasteiger partial charge >= 0.3 is 5.97 Å². The Hall–Kier alpha value is -3.12. The van der Waals surface area contributed by atoms with Crippen molar-refractivity contribution in [3.63, 3.8) is 0 Å². The Bertz CT molecular complexity index is 1940. The molecule has 0 spiro atoms. The summed E-state index contributed by atoms with van der Waals surface area (Å²) in [4.78, 5) is 14.2. The molecule has 0 aromatic heterocycles. The zero-order valence-electron chi connectivity index (χ0n) is 45.7. The average Bonchev–Trinajstić information content (AvgIpc) is 4.09. The van der Waals surface area contributed by atoms with Crippen LogP contribution in [-0.4, -0.2) is 86.9 Å². The summed E-state index contributed by atoms with van der Waals surface area (Å²) in [7, 11) is 0. The Morgan fingerprint density at radius 1 is 0.971 bits per heavy atom. The molecular formula is C59H95ClO10. The highest BCUT2D eigenvalue weighted by Crippen LogP contribution is 2.52. The van der Waals surface area contributed by atoms with Crippen molar-refractivity contribution in [3.8, 4) is 11.5 Å². The third-order valence-electron chi connectivity index (χ3n) is 15.0. The van der Waals surface area contributed by atoms with E-state index in [1.54, 1.807) is 13.0 Å². The van der Waals surface area contributed by atoms with Gasteiger partial charge in [-0.3, -0.25) is 0 Å². The van der Waals surface area contributed by atoms with Gasteiger partial charge in [-0.2, -0.15) is 0 Å². The standard InChI is InChI=1S/C59H95ClO10/c1-16-22-44-24-19-20-25-45(34-67-49(23-17-2)40(11)53(63)56(36(6)7)68-42(13)51-47-33-48(47)54(64)52(60)55(51)65)58(66)69-50(41(12)62)28-27-37(8)31-39(10)57(43(18-3)32-38(44)9)70-59(14,15)46(26-21-29-61)30-35(4)5/h19-20,25,27,31,35-36,38,40-41,43-44,46,49-50,53,56-57,61-65H,13,16-18,21-24,26,28-30,32-34H2,1-12,14-15H3/b20-19+,37-27+,39-31+,45-25+. The monoisotopic (exact) mass is 999 g/mol. The second kappa shape index (κ2) is 28.9. The predicted octanol–water partition coefficient (Wildman–Crippen LogP) is 13.4. The molecule has 1 heterocycles. The van der Waals surface area contributed by atoms with Crippen LogP contribution in [0.1, 0.15) is 184 Å². The van der Waals surface area contributed by atoms with E-state index in [0.29, 0.717) is 59.3 Å². The highest BCUT2D eigenvalue weighted by Gasteiger charge is 2.39. The highest BCUT2D eigenvalue weighted by molar-refractivity contribution is 6.34. The Kier molecular flexibility index (Phi) is 25.3. The molecule has 10 nitrogen and oxygen atoms in total. The zero-order valence-corrected chi connectivity index (χ0v) is 46.4. The number of cyclic esters (lactones) is 1. The van der Waals surface area contributed by atoms with Crippen molar-refractivity contribution < 1.29 is 49.3 Å². The Balaban J connectivity index is 1.98. The number of halogens is 1. The van der Waals surface area contributed by atoms with E-state index >= 15 is 0 Å². The molecule has 1 aliphatic carbocycles. The molecule has 0 amide bonds. The van der Waals surface area contributed by atoms with Gasteiger partial charge in [0.1, 0.15) is 34.5 Å². The minimum Gasteiger partial charge on any atom is -0.506 e. The molecule has 5 N–H and O–H groups in total. The number of carbonyl (C=O) groups excluding carboxylic acids is 1. The van der Waals surface area contributed by atoms with Gasteiger partial charge < -0.3 is 44.5 Å². The fourth-order valence-electron chi connectivity index (χ4n) is 10.5. The lowest BCUT2D eigenvalue weighted by Gasteiger charge is -2.42. The normalized spacial score (nSPS) is 26.1. The van der Waals surface area contributed by atoms with Gasteiger partial charge in [0.05, 0.1) is 47.8 Å². The van der Waals surface area contributed by atoms with Crippen LogP contribution in [0.5, 0.6) is 11.5 Å². The largest absolute Gasteiger partial charge is 0.506 e. The summed E-state index contributed by atoms with van der Waals surface area (Å²) in [5, 5.41) is 53.8. The van der Waals surface area contributed by atoms with Crippen LogP contribution in [0.3, 0.4) is 0 Å². The maximum Gasteiger partial charge on any atom is 0.336 e. The number of ether oxygens (including phenoxy) is 4. The van der Waals surface area contributed by atoms with Crippen LogP contribution in [0, 0.1) is 41.4 Å². The number of aromatic hydroxyl groups is 2. The van der Waals surface area contributed by atoms with E-state index in [2.05, 4.69) is 74.1 Å². The molecule has 11 atom stereocenters. The zero-order chi connectivity index (χ0) is 52.6. The molecule has 398 valence electrons. The quantitative estimate of drug-likeness (QED) is 0.0507. The summed E-state index contributed by atoms with van der Waals surface area (Å²) in [6.07, 6.45) is 15.6. The lowest BCUT2D eigenvalue weighted by molar-refractivity contribution is -0.150. The topological polar surface area (TPSA) is 155 Å².